The van der Waals surface area contributed by atoms with Crippen LogP contribution in [0.2, 0.25) is 0 Å². The van der Waals surface area contributed by atoms with Crippen LogP contribution in [0.25, 0.3) is 17.1 Å². The maximum absolute atomic E-state index is 4.58. The topological polar surface area (TPSA) is 64.3 Å². The molecule has 1 N–H and O–H groups in total. The van der Waals surface area contributed by atoms with E-state index in [0.717, 1.165) is 34.9 Å². The van der Waals surface area contributed by atoms with Crippen molar-refractivity contribution in [2.24, 2.45) is 0 Å². The van der Waals surface area contributed by atoms with Crippen LogP contribution in [0.5, 0.6) is 0 Å². The first-order valence-electron chi connectivity index (χ1n) is 8.35. The first kappa shape index (κ1) is 15.4. The van der Waals surface area contributed by atoms with E-state index in [9.17, 15) is 0 Å². The van der Waals surface area contributed by atoms with Gasteiger partial charge in [0.25, 0.3) is 0 Å². The van der Waals surface area contributed by atoms with Crippen molar-refractivity contribution in [3.8, 4) is 17.1 Å². The van der Waals surface area contributed by atoms with Crippen LogP contribution in [0.4, 0.5) is 0 Å². The molecule has 3 aromatic heterocycles. The molecule has 1 atom stereocenters. The fourth-order valence-electron chi connectivity index (χ4n) is 3.08. The van der Waals surface area contributed by atoms with Gasteiger partial charge >= 0.3 is 0 Å². The zero-order valence-electron chi connectivity index (χ0n) is 14.3. The Bertz CT molecular complexity index is 963. The lowest BCUT2D eigenvalue weighted by molar-refractivity contribution is 0.543. The van der Waals surface area contributed by atoms with Crippen LogP contribution < -0.4 is 0 Å². The molecule has 1 aromatic carbocycles. The van der Waals surface area contributed by atoms with Gasteiger partial charge in [0.1, 0.15) is 5.82 Å². The highest BCUT2D eigenvalue weighted by Crippen LogP contribution is 2.24. The Hall–Kier alpha value is -3.15. The number of benzene rings is 1. The van der Waals surface area contributed by atoms with E-state index in [0.29, 0.717) is 0 Å². The number of hydrogen-bond donors (Lipinski definition) is 1. The third-order valence-corrected chi connectivity index (χ3v) is 4.28. The fourth-order valence-corrected chi connectivity index (χ4v) is 3.08. The molecule has 0 radical (unpaired) electrons. The summed E-state index contributed by atoms with van der Waals surface area (Å²) in [5.41, 5.74) is 4.24. The molecule has 0 fully saturated rings. The quantitative estimate of drug-likeness (QED) is 0.607. The van der Waals surface area contributed by atoms with Gasteiger partial charge in [-0.25, -0.2) is 9.67 Å². The SMILES string of the molecule is Cc1cc(C[C@@H](C)n2ccnc2-c2cccc(-n3cccn3)c2)n[nH]1. The number of aryl methyl sites for hydroxylation is 1. The summed E-state index contributed by atoms with van der Waals surface area (Å²) in [6.45, 7) is 4.21. The average Bonchev–Trinajstić information content (AvgIpc) is 3.37. The van der Waals surface area contributed by atoms with E-state index in [2.05, 4.69) is 50.0 Å². The molecule has 4 aromatic rings. The third kappa shape index (κ3) is 3.10. The van der Waals surface area contributed by atoms with Crippen LogP contribution in [0.3, 0.4) is 0 Å². The van der Waals surface area contributed by atoms with Gasteiger partial charge in [0.05, 0.1) is 11.4 Å². The van der Waals surface area contributed by atoms with Crippen molar-refractivity contribution in [1.82, 2.24) is 29.5 Å². The summed E-state index contributed by atoms with van der Waals surface area (Å²) in [6, 6.07) is 12.5. The molecule has 3 heterocycles. The Morgan fingerprint density at radius 3 is 2.80 bits per heavy atom. The van der Waals surface area contributed by atoms with Crippen LogP contribution in [-0.2, 0) is 6.42 Å². The summed E-state index contributed by atoms with van der Waals surface area (Å²) in [5, 5.41) is 11.7. The molecule has 4 rings (SSSR count). The van der Waals surface area contributed by atoms with Crippen molar-refractivity contribution in [3.05, 3.63) is 72.6 Å². The molecule has 6 nitrogen and oxygen atoms in total. The molecule has 0 aliphatic rings. The molecule has 126 valence electrons. The molecule has 0 saturated heterocycles. The number of nitrogens with one attached hydrogen (secondary N) is 1. The van der Waals surface area contributed by atoms with Crippen molar-refractivity contribution >= 4 is 0 Å². The standard InChI is InChI=1S/C19H20N6/c1-14-11-17(23-22-14)12-15(2)24-10-8-20-19(24)16-5-3-6-18(13-16)25-9-4-7-21-25/h3-11,13,15H,12H2,1-2H3,(H,22,23)/t15-/m1/s1. The van der Waals surface area contributed by atoms with Gasteiger partial charge in [-0.1, -0.05) is 12.1 Å². The zero-order chi connectivity index (χ0) is 17.2. The largest absolute Gasteiger partial charge is 0.328 e. The van der Waals surface area contributed by atoms with Gasteiger partial charge in [0.2, 0.25) is 0 Å². The monoisotopic (exact) mass is 332 g/mol. The Kier molecular flexibility index (Phi) is 3.93. The van der Waals surface area contributed by atoms with Gasteiger partial charge in [-0.05, 0) is 38.1 Å². The molecule has 0 spiro atoms. The van der Waals surface area contributed by atoms with Crippen LogP contribution in [0.15, 0.2) is 61.2 Å². The minimum atomic E-state index is 0.258. The van der Waals surface area contributed by atoms with Gasteiger partial charge in [0, 0.05) is 48.5 Å². The predicted octanol–water partition coefficient (Wildman–Crippen LogP) is 3.57. The maximum atomic E-state index is 4.58. The normalized spacial score (nSPS) is 12.4. The first-order chi connectivity index (χ1) is 12.2. The number of aromatic amines is 1. The maximum Gasteiger partial charge on any atom is 0.140 e. The van der Waals surface area contributed by atoms with Gasteiger partial charge in [0.15, 0.2) is 0 Å². The molecule has 25 heavy (non-hydrogen) atoms. The summed E-state index contributed by atoms with van der Waals surface area (Å²) in [6.07, 6.45) is 8.45. The highest BCUT2D eigenvalue weighted by Gasteiger charge is 2.14. The lowest BCUT2D eigenvalue weighted by Crippen LogP contribution is -2.09. The Balaban J connectivity index is 1.64. The summed E-state index contributed by atoms with van der Waals surface area (Å²) in [7, 11) is 0. The molecule has 0 saturated carbocycles. The Morgan fingerprint density at radius 2 is 2.04 bits per heavy atom. The van der Waals surface area contributed by atoms with E-state index < -0.39 is 0 Å². The summed E-state index contributed by atoms with van der Waals surface area (Å²) in [5.74, 6) is 0.953. The van der Waals surface area contributed by atoms with E-state index in [-0.39, 0.29) is 6.04 Å². The highest BCUT2D eigenvalue weighted by molar-refractivity contribution is 5.59. The van der Waals surface area contributed by atoms with Crippen molar-refractivity contribution in [2.75, 3.05) is 0 Å². The molecule has 0 amide bonds. The predicted molar refractivity (Wildman–Crippen MR) is 96.5 cm³/mol. The van der Waals surface area contributed by atoms with Crippen molar-refractivity contribution in [1.29, 1.82) is 0 Å². The van der Waals surface area contributed by atoms with E-state index in [4.69, 9.17) is 0 Å². The summed E-state index contributed by atoms with van der Waals surface area (Å²) < 4.78 is 4.05. The fraction of sp³-hybridized carbons (Fsp3) is 0.211. The number of imidazole rings is 1. The zero-order valence-corrected chi connectivity index (χ0v) is 14.3. The second-order valence-electron chi connectivity index (χ2n) is 6.25. The number of aromatic nitrogens is 6. The van der Waals surface area contributed by atoms with Crippen LogP contribution in [-0.4, -0.2) is 29.5 Å². The molecule has 0 bridgehead atoms. The molecule has 0 aliphatic carbocycles. The molecular formula is C19H20N6. The van der Waals surface area contributed by atoms with Crippen molar-refractivity contribution < 1.29 is 0 Å². The Labute approximate surface area is 146 Å². The van der Waals surface area contributed by atoms with Crippen molar-refractivity contribution in [3.63, 3.8) is 0 Å². The van der Waals surface area contributed by atoms with E-state index in [1.807, 2.05) is 48.4 Å². The summed E-state index contributed by atoms with van der Waals surface area (Å²) in [4.78, 5) is 4.58. The minimum absolute atomic E-state index is 0.258. The second kappa shape index (κ2) is 6.39. The van der Waals surface area contributed by atoms with Gasteiger partial charge in [-0.15, -0.1) is 0 Å². The van der Waals surface area contributed by atoms with Crippen LogP contribution in [0.1, 0.15) is 24.4 Å². The number of rotatable bonds is 5. The second-order valence-corrected chi connectivity index (χ2v) is 6.25. The molecule has 6 heteroatoms. The van der Waals surface area contributed by atoms with Crippen LogP contribution >= 0.6 is 0 Å². The lowest BCUT2D eigenvalue weighted by atomic mass is 10.1. The van der Waals surface area contributed by atoms with E-state index in [1.165, 1.54) is 0 Å². The Morgan fingerprint density at radius 1 is 1.12 bits per heavy atom. The summed E-state index contributed by atoms with van der Waals surface area (Å²) >= 11 is 0. The third-order valence-electron chi connectivity index (χ3n) is 4.28. The van der Waals surface area contributed by atoms with E-state index >= 15 is 0 Å². The smallest absolute Gasteiger partial charge is 0.140 e. The average molecular weight is 332 g/mol. The highest BCUT2D eigenvalue weighted by atomic mass is 15.3. The van der Waals surface area contributed by atoms with Crippen LogP contribution in [0, 0.1) is 6.92 Å². The molecular weight excluding hydrogens is 312 g/mol. The number of hydrogen-bond acceptors (Lipinski definition) is 3. The first-order valence-corrected chi connectivity index (χ1v) is 8.35. The van der Waals surface area contributed by atoms with Crippen molar-refractivity contribution in [2.45, 2.75) is 26.3 Å². The lowest BCUT2D eigenvalue weighted by Gasteiger charge is -2.16. The number of H-pyrrole nitrogens is 1. The van der Waals surface area contributed by atoms with Gasteiger partial charge in [-0.2, -0.15) is 10.2 Å². The molecule has 0 aliphatic heterocycles. The van der Waals surface area contributed by atoms with Gasteiger partial charge < -0.3 is 4.57 Å². The van der Waals surface area contributed by atoms with Gasteiger partial charge in [-0.3, -0.25) is 5.10 Å². The molecule has 0 unspecified atom stereocenters. The minimum Gasteiger partial charge on any atom is -0.328 e. The van der Waals surface area contributed by atoms with E-state index in [1.54, 1.807) is 6.20 Å². The number of nitrogens with zero attached hydrogens (tertiary/aromatic N) is 5.